The van der Waals surface area contributed by atoms with Crippen LogP contribution in [0.5, 0.6) is 0 Å². The molecule has 26 heavy (non-hydrogen) atoms. The summed E-state index contributed by atoms with van der Waals surface area (Å²) in [6.45, 7) is 1.06. The molecular formula is C19H23N3O3S. The van der Waals surface area contributed by atoms with E-state index >= 15 is 0 Å². The Morgan fingerprint density at radius 1 is 1.15 bits per heavy atom. The zero-order valence-electron chi connectivity index (χ0n) is 14.9. The normalized spacial score (nSPS) is 17.9. The van der Waals surface area contributed by atoms with Gasteiger partial charge < -0.3 is 5.73 Å². The molecule has 1 heterocycles. The number of rotatable bonds is 5. The molecule has 7 heteroatoms. The molecule has 0 radical (unpaired) electrons. The number of primary amides is 1. The van der Waals surface area contributed by atoms with E-state index in [1.807, 2.05) is 35.2 Å². The van der Waals surface area contributed by atoms with Gasteiger partial charge in [0.15, 0.2) is 0 Å². The lowest BCUT2D eigenvalue weighted by Gasteiger charge is -2.35. The van der Waals surface area contributed by atoms with Crippen LogP contribution in [0.2, 0.25) is 0 Å². The van der Waals surface area contributed by atoms with E-state index < -0.39 is 16.1 Å². The van der Waals surface area contributed by atoms with Crippen LogP contribution in [0.4, 0.5) is 0 Å². The molecule has 6 nitrogen and oxygen atoms in total. The molecule has 0 saturated carbocycles. The van der Waals surface area contributed by atoms with Crippen molar-refractivity contribution in [2.24, 2.45) is 5.73 Å². The summed E-state index contributed by atoms with van der Waals surface area (Å²) in [6.07, 6.45) is 0.571. The van der Waals surface area contributed by atoms with Gasteiger partial charge in [-0.3, -0.25) is 9.69 Å². The van der Waals surface area contributed by atoms with Gasteiger partial charge in [0.1, 0.15) is 0 Å². The van der Waals surface area contributed by atoms with Crippen LogP contribution in [0.15, 0.2) is 53.4 Å². The fourth-order valence-corrected chi connectivity index (χ4v) is 4.25. The number of carbonyl (C=O) groups excluding carboxylic acids is 1. The van der Waals surface area contributed by atoms with Crippen LogP contribution in [0.3, 0.4) is 0 Å². The van der Waals surface area contributed by atoms with Gasteiger partial charge in [-0.15, -0.1) is 0 Å². The highest BCUT2D eigenvalue weighted by Crippen LogP contribution is 2.25. The van der Waals surface area contributed by atoms with Gasteiger partial charge in [-0.05, 0) is 35.2 Å². The van der Waals surface area contributed by atoms with Crippen LogP contribution in [0, 0.1) is 0 Å². The Bertz CT molecular complexity index is 925. The molecule has 0 fully saturated rings. The van der Waals surface area contributed by atoms with E-state index in [-0.39, 0.29) is 10.8 Å². The highest BCUT2D eigenvalue weighted by atomic mass is 32.2. The highest BCUT2D eigenvalue weighted by molar-refractivity contribution is 7.89. The molecule has 1 aliphatic heterocycles. The fourth-order valence-electron chi connectivity index (χ4n) is 3.27. The maximum atomic E-state index is 12.4. The van der Waals surface area contributed by atoms with Crippen molar-refractivity contribution >= 4 is 15.9 Å². The van der Waals surface area contributed by atoms with Crippen molar-refractivity contribution in [3.63, 3.8) is 0 Å². The highest BCUT2D eigenvalue weighted by Gasteiger charge is 2.30. The Labute approximate surface area is 154 Å². The second-order valence-electron chi connectivity index (χ2n) is 6.73. The van der Waals surface area contributed by atoms with Crippen LogP contribution >= 0.6 is 0 Å². The first-order valence-electron chi connectivity index (χ1n) is 8.40. The predicted octanol–water partition coefficient (Wildman–Crippen LogP) is 1.35. The summed E-state index contributed by atoms with van der Waals surface area (Å²) in [5.74, 6) is -0.364. The van der Waals surface area contributed by atoms with E-state index in [4.69, 9.17) is 5.73 Å². The summed E-state index contributed by atoms with van der Waals surface area (Å²) in [7, 11) is -0.482. The van der Waals surface area contributed by atoms with Crippen LogP contribution in [-0.4, -0.2) is 43.7 Å². The molecule has 1 amide bonds. The first kappa shape index (κ1) is 18.6. The topological polar surface area (TPSA) is 83.7 Å². The van der Waals surface area contributed by atoms with Crippen molar-refractivity contribution in [3.05, 3.63) is 65.2 Å². The third-order valence-corrected chi connectivity index (χ3v) is 6.55. The first-order chi connectivity index (χ1) is 12.3. The van der Waals surface area contributed by atoms with E-state index in [1.165, 1.54) is 24.0 Å². The average Bonchev–Trinajstić information content (AvgIpc) is 2.61. The molecule has 2 aromatic carbocycles. The number of nitrogens with zero attached hydrogens (tertiary/aromatic N) is 2. The molecule has 0 spiro atoms. The van der Waals surface area contributed by atoms with Crippen molar-refractivity contribution in [1.82, 2.24) is 9.21 Å². The van der Waals surface area contributed by atoms with Crippen LogP contribution < -0.4 is 5.73 Å². The molecule has 2 aromatic rings. The molecular weight excluding hydrogens is 350 g/mol. The van der Waals surface area contributed by atoms with Gasteiger partial charge in [0.25, 0.3) is 0 Å². The van der Waals surface area contributed by atoms with Gasteiger partial charge in [0.2, 0.25) is 15.9 Å². The SMILES string of the molecule is CN(C)S(=O)(=O)c1cccc(CN2Cc3ccccc3C[C@@H]2C(N)=O)c1. The van der Waals surface area contributed by atoms with E-state index in [0.29, 0.717) is 19.5 Å². The number of fused-ring (bicyclic) bond motifs is 1. The number of sulfonamides is 1. The predicted molar refractivity (Wildman–Crippen MR) is 99.7 cm³/mol. The van der Waals surface area contributed by atoms with Crippen LogP contribution in [0.1, 0.15) is 16.7 Å². The Morgan fingerprint density at radius 2 is 1.85 bits per heavy atom. The molecule has 1 aliphatic rings. The molecule has 138 valence electrons. The Hall–Kier alpha value is -2.22. The van der Waals surface area contributed by atoms with Gasteiger partial charge in [-0.25, -0.2) is 12.7 Å². The molecule has 1 atom stereocenters. The zero-order chi connectivity index (χ0) is 18.9. The lowest BCUT2D eigenvalue weighted by molar-refractivity contribution is -0.124. The number of carbonyl (C=O) groups is 1. The number of amides is 1. The monoisotopic (exact) mass is 373 g/mol. The molecule has 3 rings (SSSR count). The summed E-state index contributed by atoms with van der Waals surface area (Å²) >= 11 is 0. The van der Waals surface area contributed by atoms with Crippen LogP contribution in [-0.2, 0) is 34.3 Å². The third-order valence-electron chi connectivity index (χ3n) is 4.74. The van der Waals surface area contributed by atoms with Crippen molar-refractivity contribution in [2.75, 3.05) is 14.1 Å². The Kier molecular flexibility index (Phi) is 5.13. The van der Waals surface area contributed by atoms with Crippen LogP contribution in [0.25, 0.3) is 0 Å². The third kappa shape index (κ3) is 3.65. The first-order valence-corrected chi connectivity index (χ1v) is 9.84. The number of hydrogen-bond acceptors (Lipinski definition) is 4. The number of nitrogens with two attached hydrogens (primary N) is 1. The molecule has 0 saturated heterocycles. The maximum absolute atomic E-state index is 12.4. The molecule has 0 unspecified atom stereocenters. The summed E-state index contributed by atoms with van der Waals surface area (Å²) in [5.41, 5.74) is 8.76. The Morgan fingerprint density at radius 3 is 2.50 bits per heavy atom. The molecule has 0 aliphatic carbocycles. The lowest BCUT2D eigenvalue weighted by atomic mass is 9.93. The zero-order valence-corrected chi connectivity index (χ0v) is 15.7. The van der Waals surface area contributed by atoms with Crippen molar-refractivity contribution < 1.29 is 13.2 Å². The summed E-state index contributed by atoms with van der Waals surface area (Å²) in [4.78, 5) is 14.2. The smallest absolute Gasteiger partial charge is 0.242 e. The van der Waals surface area contributed by atoms with Crippen molar-refractivity contribution in [1.29, 1.82) is 0 Å². The molecule has 0 bridgehead atoms. The van der Waals surface area contributed by atoms with Crippen molar-refractivity contribution in [3.8, 4) is 0 Å². The number of benzene rings is 2. The molecule has 0 aromatic heterocycles. The minimum atomic E-state index is -3.50. The van der Waals surface area contributed by atoms with Gasteiger partial charge in [0, 0.05) is 27.2 Å². The van der Waals surface area contributed by atoms with E-state index in [0.717, 1.165) is 11.1 Å². The minimum absolute atomic E-state index is 0.244. The second kappa shape index (κ2) is 7.19. The fraction of sp³-hybridized carbons (Fsp3) is 0.316. The van der Waals surface area contributed by atoms with E-state index in [1.54, 1.807) is 18.2 Å². The summed E-state index contributed by atoms with van der Waals surface area (Å²) < 4.78 is 25.9. The van der Waals surface area contributed by atoms with Gasteiger partial charge in [-0.2, -0.15) is 0 Å². The maximum Gasteiger partial charge on any atom is 0.242 e. The van der Waals surface area contributed by atoms with Gasteiger partial charge in [0.05, 0.1) is 10.9 Å². The standard InChI is InChI=1S/C19H23N3O3S/c1-21(2)26(24,25)17-9-5-6-14(10-17)12-22-13-16-8-4-3-7-15(16)11-18(22)19(20)23/h3-10,18H,11-13H2,1-2H3,(H2,20,23)/t18-/m1/s1. The Balaban J connectivity index is 1.89. The van der Waals surface area contributed by atoms with Crippen molar-refractivity contribution in [2.45, 2.75) is 30.4 Å². The number of hydrogen-bond donors (Lipinski definition) is 1. The average molecular weight is 373 g/mol. The largest absolute Gasteiger partial charge is 0.368 e. The summed E-state index contributed by atoms with van der Waals surface area (Å²) in [6, 6.07) is 14.4. The van der Waals surface area contributed by atoms with Gasteiger partial charge >= 0.3 is 0 Å². The molecule has 2 N–H and O–H groups in total. The van der Waals surface area contributed by atoms with E-state index in [9.17, 15) is 13.2 Å². The van der Waals surface area contributed by atoms with Gasteiger partial charge in [-0.1, -0.05) is 36.4 Å². The lowest BCUT2D eigenvalue weighted by Crippen LogP contribution is -2.48. The quantitative estimate of drug-likeness (QED) is 0.857. The second-order valence-corrected chi connectivity index (χ2v) is 8.88. The minimum Gasteiger partial charge on any atom is -0.368 e. The van der Waals surface area contributed by atoms with E-state index in [2.05, 4.69) is 0 Å². The summed E-state index contributed by atoms with van der Waals surface area (Å²) in [5, 5.41) is 0.